The normalized spacial score (nSPS) is 12.3. The van der Waals surface area contributed by atoms with Crippen molar-refractivity contribution in [1.29, 1.82) is 0 Å². The first-order chi connectivity index (χ1) is 12.9. The Morgan fingerprint density at radius 2 is 1.59 bits per heavy atom. The van der Waals surface area contributed by atoms with Gasteiger partial charge in [0.1, 0.15) is 28.6 Å². The number of esters is 1. The molecule has 0 saturated carbocycles. The van der Waals surface area contributed by atoms with Crippen LogP contribution in [0.15, 0.2) is 41.7 Å². The summed E-state index contributed by atoms with van der Waals surface area (Å²) in [5.74, 6) is 0.912. The Morgan fingerprint density at radius 3 is 2.15 bits per heavy atom. The maximum atomic E-state index is 12.8. The average Bonchev–Trinajstić information content (AvgIpc) is 3.00. The van der Waals surface area contributed by atoms with Crippen LogP contribution in [-0.2, 0) is 0 Å². The Kier molecular flexibility index (Phi) is 4.90. The van der Waals surface area contributed by atoms with Crippen LogP contribution < -0.4 is 18.9 Å². The largest absolute Gasteiger partial charge is 0.496 e. The summed E-state index contributed by atoms with van der Waals surface area (Å²) in [5.41, 5.74) is 2.00. The van der Waals surface area contributed by atoms with Crippen LogP contribution in [0.2, 0.25) is 0 Å². The van der Waals surface area contributed by atoms with Gasteiger partial charge in [0.15, 0.2) is 5.76 Å². The van der Waals surface area contributed by atoms with Crippen LogP contribution in [-0.4, -0.2) is 26.0 Å². The third-order valence-electron chi connectivity index (χ3n) is 4.30. The van der Waals surface area contributed by atoms with Gasteiger partial charge in [0.2, 0.25) is 5.78 Å². The fourth-order valence-corrected chi connectivity index (χ4v) is 2.90. The maximum absolute atomic E-state index is 12.8. The molecule has 0 spiro atoms. The molecule has 0 fully saturated rings. The molecule has 0 amide bonds. The third kappa shape index (κ3) is 3.14. The molecule has 3 rings (SSSR count). The number of carbonyl (C=O) groups is 2. The van der Waals surface area contributed by atoms with E-state index in [0.717, 1.165) is 5.57 Å². The summed E-state index contributed by atoms with van der Waals surface area (Å²) in [7, 11) is 2.93. The van der Waals surface area contributed by atoms with Gasteiger partial charge in [0.25, 0.3) is 0 Å². The van der Waals surface area contributed by atoms with E-state index in [0.29, 0.717) is 39.9 Å². The van der Waals surface area contributed by atoms with E-state index in [1.807, 2.05) is 13.8 Å². The van der Waals surface area contributed by atoms with Gasteiger partial charge in [-0.05, 0) is 50.6 Å². The van der Waals surface area contributed by atoms with Gasteiger partial charge in [-0.2, -0.15) is 0 Å². The second-order valence-corrected chi connectivity index (χ2v) is 6.25. The Hall–Kier alpha value is -3.28. The summed E-state index contributed by atoms with van der Waals surface area (Å²) in [6.45, 7) is 5.36. The summed E-state index contributed by atoms with van der Waals surface area (Å²) in [6, 6.07) is 8.20. The zero-order valence-electron chi connectivity index (χ0n) is 15.8. The predicted molar refractivity (Wildman–Crippen MR) is 99.0 cm³/mol. The molecule has 140 valence electrons. The van der Waals surface area contributed by atoms with Crippen LogP contribution in [0.1, 0.15) is 40.1 Å². The number of methoxy groups -OCH3 is 2. The van der Waals surface area contributed by atoms with Gasteiger partial charge >= 0.3 is 5.97 Å². The zero-order chi connectivity index (χ0) is 19.7. The van der Waals surface area contributed by atoms with Crippen molar-refractivity contribution < 1.29 is 28.5 Å². The lowest BCUT2D eigenvalue weighted by Crippen LogP contribution is -2.12. The molecular weight excluding hydrogens is 348 g/mol. The number of benzene rings is 2. The molecule has 1 aliphatic rings. The molecule has 6 nitrogen and oxygen atoms in total. The van der Waals surface area contributed by atoms with Gasteiger partial charge in [0, 0.05) is 5.56 Å². The van der Waals surface area contributed by atoms with Crippen molar-refractivity contribution in [2.24, 2.45) is 0 Å². The van der Waals surface area contributed by atoms with Gasteiger partial charge in [0.05, 0.1) is 19.8 Å². The number of fused-ring (bicyclic) bond motifs is 1. The zero-order valence-corrected chi connectivity index (χ0v) is 15.8. The molecule has 1 heterocycles. The first kappa shape index (κ1) is 18.5. The van der Waals surface area contributed by atoms with E-state index >= 15 is 0 Å². The molecule has 2 aromatic rings. The molecule has 0 unspecified atom stereocenters. The number of ether oxygens (including phenoxy) is 4. The topological polar surface area (TPSA) is 71.1 Å². The van der Waals surface area contributed by atoms with E-state index < -0.39 is 5.97 Å². The van der Waals surface area contributed by atoms with Crippen LogP contribution in [0.5, 0.6) is 23.0 Å². The summed E-state index contributed by atoms with van der Waals surface area (Å²) in [6.07, 6.45) is 0. The lowest BCUT2D eigenvalue weighted by molar-refractivity contribution is 0.0726. The summed E-state index contributed by atoms with van der Waals surface area (Å²) in [4.78, 5) is 25.2. The average molecular weight is 368 g/mol. The molecule has 1 aliphatic heterocycles. The van der Waals surface area contributed by atoms with E-state index in [9.17, 15) is 9.59 Å². The number of allylic oxidation sites excluding steroid dienone is 2. The molecular formula is C21H20O6. The van der Waals surface area contributed by atoms with Crippen LogP contribution in [0.25, 0.3) is 0 Å². The molecule has 27 heavy (non-hydrogen) atoms. The highest BCUT2D eigenvalue weighted by Gasteiger charge is 2.31. The number of carbonyl (C=O) groups excluding carboxylic acids is 2. The minimum Gasteiger partial charge on any atom is -0.496 e. The van der Waals surface area contributed by atoms with Gasteiger partial charge in [-0.25, -0.2) is 4.79 Å². The smallest absolute Gasteiger partial charge is 0.351 e. The fourth-order valence-electron chi connectivity index (χ4n) is 2.90. The highest BCUT2D eigenvalue weighted by molar-refractivity contribution is 6.13. The molecule has 0 saturated heterocycles. The molecule has 2 aromatic carbocycles. The van der Waals surface area contributed by atoms with Gasteiger partial charge in [-0.3, -0.25) is 4.79 Å². The molecule has 0 N–H and O–H groups in total. The monoisotopic (exact) mass is 368 g/mol. The second-order valence-electron chi connectivity index (χ2n) is 6.25. The van der Waals surface area contributed by atoms with Crippen LogP contribution in [0.4, 0.5) is 0 Å². The Bertz CT molecular complexity index is 945. The predicted octanol–water partition coefficient (Wildman–Crippen LogP) is 4.10. The van der Waals surface area contributed by atoms with Crippen LogP contribution in [0, 0.1) is 6.92 Å². The molecule has 0 atom stereocenters. The van der Waals surface area contributed by atoms with Crippen molar-refractivity contribution in [2.45, 2.75) is 20.8 Å². The Labute approximate surface area is 157 Å². The van der Waals surface area contributed by atoms with Crippen molar-refractivity contribution in [2.75, 3.05) is 14.2 Å². The van der Waals surface area contributed by atoms with Crippen molar-refractivity contribution in [1.82, 2.24) is 0 Å². The van der Waals surface area contributed by atoms with Crippen molar-refractivity contribution in [3.63, 3.8) is 0 Å². The SMILES string of the molecule is COc1cccc(OC)c1C(=O)Oc1ccc2c(c1C)OC(=C(C)C)C2=O. The Balaban J connectivity index is 1.98. The highest BCUT2D eigenvalue weighted by Crippen LogP contribution is 2.40. The highest BCUT2D eigenvalue weighted by atomic mass is 16.5. The van der Waals surface area contributed by atoms with Crippen molar-refractivity contribution >= 4 is 11.8 Å². The van der Waals surface area contributed by atoms with Gasteiger partial charge < -0.3 is 18.9 Å². The van der Waals surface area contributed by atoms with Crippen LogP contribution in [0.3, 0.4) is 0 Å². The summed E-state index contributed by atoms with van der Waals surface area (Å²) >= 11 is 0. The summed E-state index contributed by atoms with van der Waals surface area (Å²) < 4.78 is 21.8. The van der Waals surface area contributed by atoms with Gasteiger partial charge in [-0.15, -0.1) is 0 Å². The number of hydrogen-bond acceptors (Lipinski definition) is 6. The molecule has 6 heteroatoms. The number of Topliss-reactive ketones (excluding diaryl/α,β-unsaturated/α-hetero) is 1. The number of rotatable bonds is 4. The van der Waals surface area contributed by atoms with E-state index in [-0.39, 0.29) is 11.3 Å². The van der Waals surface area contributed by atoms with E-state index in [4.69, 9.17) is 18.9 Å². The number of ketones is 1. The third-order valence-corrected chi connectivity index (χ3v) is 4.30. The molecule has 0 radical (unpaired) electrons. The number of hydrogen-bond donors (Lipinski definition) is 0. The molecule has 0 aromatic heterocycles. The minimum atomic E-state index is -0.626. The first-order valence-electron chi connectivity index (χ1n) is 8.35. The first-order valence-corrected chi connectivity index (χ1v) is 8.35. The van der Waals surface area contributed by atoms with Gasteiger partial charge in [-0.1, -0.05) is 6.07 Å². The lowest BCUT2D eigenvalue weighted by Gasteiger charge is -2.14. The quantitative estimate of drug-likeness (QED) is 0.460. The summed E-state index contributed by atoms with van der Waals surface area (Å²) in [5, 5.41) is 0. The second kappa shape index (κ2) is 7.15. The lowest BCUT2D eigenvalue weighted by atomic mass is 10.1. The maximum Gasteiger partial charge on any atom is 0.351 e. The van der Waals surface area contributed by atoms with Crippen molar-refractivity contribution in [3.05, 3.63) is 58.4 Å². The molecule has 0 aliphatic carbocycles. The van der Waals surface area contributed by atoms with Crippen LogP contribution >= 0.6 is 0 Å². The fraction of sp³-hybridized carbons (Fsp3) is 0.238. The minimum absolute atomic E-state index is 0.169. The van der Waals surface area contributed by atoms with E-state index in [1.54, 1.807) is 37.3 Å². The molecule has 0 bridgehead atoms. The van der Waals surface area contributed by atoms with Crippen molar-refractivity contribution in [3.8, 4) is 23.0 Å². The van der Waals surface area contributed by atoms with E-state index in [2.05, 4.69) is 0 Å². The van der Waals surface area contributed by atoms with E-state index in [1.165, 1.54) is 14.2 Å². The standard InChI is InChI=1S/C21H20O6/c1-11(2)19-18(22)13-9-10-14(12(3)20(13)27-19)26-21(23)17-15(24-4)7-6-8-16(17)25-5/h6-10H,1-5H3. The Morgan fingerprint density at radius 1 is 0.963 bits per heavy atom.